The number of para-hydroxylation sites is 1. The van der Waals surface area contributed by atoms with E-state index in [-0.39, 0.29) is 11.2 Å². The molecule has 1 amide bonds. The van der Waals surface area contributed by atoms with Gasteiger partial charge in [0, 0.05) is 22.5 Å². The maximum absolute atomic E-state index is 15.1. The molecule has 4 aromatic carbocycles. The van der Waals surface area contributed by atoms with Crippen LogP contribution in [-0.2, 0) is 9.36 Å². The van der Waals surface area contributed by atoms with Gasteiger partial charge >= 0.3 is 0 Å². The zero-order valence-corrected chi connectivity index (χ0v) is 21.6. The van der Waals surface area contributed by atoms with Gasteiger partial charge < -0.3 is 4.57 Å². The van der Waals surface area contributed by atoms with Gasteiger partial charge in [-0.3, -0.25) is 14.1 Å². The van der Waals surface area contributed by atoms with Crippen LogP contribution in [0.3, 0.4) is 0 Å². The lowest BCUT2D eigenvalue weighted by molar-refractivity contribution is -0.113. The third-order valence-corrected chi connectivity index (χ3v) is 11.3. The first-order valence-electron chi connectivity index (χ1n) is 11.1. The summed E-state index contributed by atoms with van der Waals surface area (Å²) in [6.07, 6.45) is 1.70. The summed E-state index contributed by atoms with van der Waals surface area (Å²) in [5.41, 5.74) is 2.61. The molecule has 0 bridgehead atoms. The summed E-state index contributed by atoms with van der Waals surface area (Å²) in [5, 5.41) is 1.42. The fourth-order valence-electron chi connectivity index (χ4n) is 4.07. The molecule has 35 heavy (non-hydrogen) atoms. The van der Waals surface area contributed by atoms with Crippen molar-refractivity contribution < 1.29 is 9.36 Å². The molecule has 0 aromatic heterocycles. The van der Waals surface area contributed by atoms with E-state index in [9.17, 15) is 4.79 Å². The van der Waals surface area contributed by atoms with E-state index >= 15 is 4.57 Å². The highest BCUT2D eigenvalue weighted by Crippen LogP contribution is 2.62. The van der Waals surface area contributed by atoms with Gasteiger partial charge in [-0.15, -0.1) is 0 Å². The third kappa shape index (κ3) is 4.34. The third-order valence-electron chi connectivity index (χ3n) is 5.88. The van der Waals surface area contributed by atoms with Gasteiger partial charge in [0.25, 0.3) is 5.91 Å². The van der Waals surface area contributed by atoms with E-state index in [0.717, 1.165) is 11.3 Å². The Balaban J connectivity index is 1.77. The summed E-state index contributed by atoms with van der Waals surface area (Å²) in [4.78, 5) is 14.2. The number of aryl methyl sites for hydroxylation is 1. The molecule has 1 unspecified atom stereocenters. The van der Waals surface area contributed by atoms with Crippen molar-refractivity contribution in [3.05, 3.63) is 132 Å². The Morgan fingerprint density at radius 2 is 1.17 bits per heavy atom. The van der Waals surface area contributed by atoms with Crippen molar-refractivity contribution in [2.24, 2.45) is 0 Å². The van der Waals surface area contributed by atoms with Crippen LogP contribution < -0.4 is 19.9 Å². The van der Waals surface area contributed by atoms with Crippen LogP contribution in [0.4, 0.5) is 11.4 Å². The topological polar surface area (TPSA) is 40.6 Å². The molecular formula is C28H23ClN2O2P2. The van der Waals surface area contributed by atoms with Crippen molar-refractivity contribution in [3.8, 4) is 0 Å². The summed E-state index contributed by atoms with van der Waals surface area (Å²) in [5.74, 6) is -0.350. The molecular weight excluding hydrogens is 494 g/mol. The molecule has 7 heteroatoms. The van der Waals surface area contributed by atoms with Crippen LogP contribution >= 0.6 is 26.0 Å². The van der Waals surface area contributed by atoms with Gasteiger partial charge in [-0.25, -0.2) is 0 Å². The minimum absolute atomic E-state index is 0.221. The molecule has 0 saturated heterocycles. The van der Waals surface area contributed by atoms with Crippen molar-refractivity contribution in [3.63, 3.8) is 0 Å². The van der Waals surface area contributed by atoms with Crippen LogP contribution in [0.2, 0.25) is 0 Å². The summed E-state index contributed by atoms with van der Waals surface area (Å²) >= 11 is 7.02. The second kappa shape index (κ2) is 9.84. The number of amides is 1. The van der Waals surface area contributed by atoms with Crippen molar-refractivity contribution >= 4 is 53.8 Å². The summed E-state index contributed by atoms with van der Waals surface area (Å²) in [6.45, 7) is 2.02. The molecule has 0 fully saturated rings. The average molecular weight is 517 g/mol. The molecule has 4 aromatic rings. The van der Waals surface area contributed by atoms with Crippen molar-refractivity contribution in [2.45, 2.75) is 6.92 Å². The Labute approximate surface area is 211 Å². The minimum Gasteiger partial charge on any atom is -0.308 e. The quantitative estimate of drug-likeness (QED) is 0.264. The molecule has 1 aliphatic rings. The Bertz CT molecular complexity index is 1370. The lowest BCUT2D eigenvalue weighted by Crippen LogP contribution is -2.38. The van der Waals surface area contributed by atoms with E-state index in [1.54, 1.807) is 10.9 Å². The van der Waals surface area contributed by atoms with Gasteiger partial charge in [0.05, 0.1) is 5.69 Å². The Morgan fingerprint density at radius 3 is 1.69 bits per heavy atom. The highest BCUT2D eigenvalue weighted by atomic mass is 35.7. The molecule has 0 radical (unpaired) electrons. The molecule has 0 aliphatic carbocycles. The van der Waals surface area contributed by atoms with Crippen molar-refractivity contribution in [1.82, 2.24) is 0 Å². The second-order valence-electron chi connectivity index (χ2n) is 8.17. The largest absolute Gasteiger partial charge is 0.308 e. The summed E-state index contributed by atoms with van der Waals surface area (Å²) < 4.78 is 18.6. The maximum Gasteiger partial charge on any atom is 0.269 e. The molecule has 0 N–H and O–H groups in total. The van der Waals surface area contributed by atoms with E-state index in [4.69, 9.17) is 11.2 Å². The Kier molecular flexibility index (Phi) is 6.62. The maximum atomic E-state index is 15.1. The van der Waals surface area contributed by atoms with E-state index in [1.807, 2.05) is 127 Å². The predicted molar refractivity (Wildman–Crippen MR) is 148 cm³/mol. The number of carbonyl (C=O) groups excluding carboxylic acids is 1. The van der Waals surface area contributed by atoms with Crippen LogP contribution in [0.15, 0.2) is 127 Å². The number of hydrogen-bond acceptors (Lipinski definition) is 3. The SMILES string of the molecule is Cc1ccc(N2C=C(P(=O)(c3ccccc3)c3ccccc3)C(=O)N(c3ccccc3)P2Cl)cc1. The monoisotopic (exact) mass is 516 g/mol. The van der Waals surface area contributed by atoms with Crippen molar-refractivity contribution in [1.29, 1.82) is 0 Å². The average Bonchev–Trinajstić information content (AvgIpc) is 2.91. The molecule has 4 nitrogen and oxygen atoms in total. The van der Waals surface area contributed by atoms with Crippen LogP contribution in [0.5, 0.6) is 0 Å². The zero-order chi connectivity index (χ0) is 24.4. The zero-order valence-electron chi connectivity index (χ0n) is 19.0. The first kappa shape index (κ1) is 23.6. The second-order valence-corrected chi connectivity index (χ2v) is 13.1. The Hall–Kier alpha value is -3.16. The molecule has 1 heterocycles. The van der Waals surface area contributed by atoms with E-state index in [2.05, 4.69) is 0 Å². The van der Waals surface area contributed by atoms with Gasteiger partial charge in [0.15, 0.2) is 7.14 Å². The van der Waals surface area contributed by atoms with Gasteiger partial charge in [-0.2, -0.15) is 0 Å². The number of halogens is 1. The summed E-state index contributed by atoms with van der Waals surface area (Å²) in [7, 11) is -5.17. The number of carbonyl (C=O) groups is 1. The van der Waals surface area contributed by atoms with Gasteiger partial charge in [0.1, 0.15) is 5.31 Å². The van der Waals surface area contributed by atoms with E-state index in [0.29, 0.717) is 16.3 Å². The van der Waals surface area contributed by atoms with Gasteiger partial charge in [-0.1, -0.05) is 96.6 Å². The highest BCUT2D eigenvalue weighted by Gasteiger charge is 2.45. The van der Waals surface area contributed by atoms with Crippen LogP contribution in [0.1, 0.15) is 5.56 Å². The standard InChI is InChI=1S/C28H23ClN2O2P2/c1-22-17-19-23(20-18-22)30-21-27(28(32)31(34(30)29)24-11-5-2-6-12-24)35(33,25-13-7-3-8-14-25)26-15-9-4-10-16-26/h2-21H,1H3. The molecule has 0 spiro atoms. The first-order valence-corrected chi connectivity index (χ1v) is 15.0. The number of anilines is 2. The molecule has 5 rings (SSSR count). The lowest BCUT2D eigenvalue weighted by Gasteiger charge is -2.40. The smallest absolute Gasteiger partial charge is 0.269 e. The van der Waals surface area contributed by atoms with Crippen LogP contribution in [0, 0.1) is 6.92 Å². The van der Waals surface area contributed by atoms with Crippen LogP contribution in [-0.4, -0.2) is 5.91 Å². The molecule has 1 atom stereocenters. The number of nitrogens with zero attached hydrogens (tertiary/aromatic N) is 2. The van der Waals surface area contributed by atoms with Gasteiger partial charge in [-0.05, 0) is 42.4 Å². The number of benzene rings is 4. The fourth-order valence-corrected chi connectivity index (χ4v) is 9.09. The Morgan fingerprint density at radius 1 is 0.686 bits per heavy atom. The molecule has 1 aliphatic heterocycles. The van der Waals surface area contributed by atoms with Crippen molar-refractivity contribution in [2.75, 3.05) is 9.34 Å². The van der Waals surface area contributed by atoms with E-state index in [1.165, 1.54) is 0 Å². The molecule has 0 saturated carbocycles. The predicted octanol–water partition coefficient (Wildman–Crippen LogP) is 7.17. The van der Waals surface area contributed by atoms with E-state index < -0.39 is 14.7 Å². The first-order chi connectivity index (χ1) is 17.0. The lowest BCUT2D eigenvalue weighted by atomic mass is 10.2. The summed E-state index contributed by atoms with van der Waals surface area (Å²) in [6, 6.07) is 35.7. The highest BCUT2D eigenvalue weighted by molar-refractivity contribution is 7.88. The van der Waals surface area contributed by atoms with Gasteiger partial charge in [0.2, 0.25) is 7.58 Å². The fraction of sp³-hybridized carbons (Fsp3) is 0.0357. The number of hydrogen-bond donors (Lipinski definition) is 0. The molecule has 174 valence electrons. The normalized spacial score (nSPS) is 16.2. The minimum atomic E-state index is -3.53. The van der Waals surface area contributed by atoms with Crippen LogP contribution in [0.25, 0.3) is 0 Å². The number of rotatable bonds is 5.